The largest absolute Gasteiger partial charge is 0.460 e. The number of nitrogens with one attached hydrogen (secondary N) is 2. The Morgan fingerprint density at radius 3 is 1.32 bits per heavy atom. The molecule has 0 aliphatic carbocycles. The molecule has 0 fully saturated rings. The molecule has 0 aliphatic rings. The molecule has 0 aromatic carbocycles. The molecule has 0 atom stereocenters. The number of carbonyl (C=O) groups excluding carboxylic acids is 4. The molecular formula is C26H46N4O8S2. The fourth-order valence-electron chi connectivity index (χ4n) is 2.56. The average Bonchev–Trinajstić information content (AvgIpc) is 2.92. The van der Waals surface area contributed by atoms with Crippen LogP contribution in [0.5, 0.6) is 0 Å². The highest BCUT2D eigenvalue weighted by Crippen LogP contribution is 2.30. The number of esters is 2. The third-order valence-electron chi connectivity index (χ3n) is 4.82. The number of hydrogen-bond donors (Lipinski definition) is 2. The van der Waals surface area contributed by atoms with Gasteiger partial charge in [0.15, 0.2) is 0 Å². The van der Waals surface area contributed by atoms with Gasteiger partial charge < -0.3 is 29.6 Å². The van der Waals surface area contributed by atoms with Gasteiger partial charge in [0.05, 0.1) is 13.1 Å². The minimum absolute atomic E-state index is 0.0414. The number of ether oxygens (including phenoxy) is 4. The molecule has 0 spiro atoms. The monoisotopic (exact) mass is 606 g/mol. The molecule has 12 nitrogen and oxygen atoms in total. The quantitative estimate of drug-likeness (QED) is 0.0433. The number of rotatable bonds is 23. The lowest BCUT2D eigenvalue weighted by atomic mass is 10.3. The van der Waals surface area contributed by atoms with Crippen molar-refractivity contribution in [1.82, 2.24) is 19.2 Å². The van der Waals surface area contributed by atoms with Gasteiger partial charge in [-0.3, -0.25) is 0 Å². The van der Waals surface area contributed by atoms with Crippen LogP contribution in [-0.4, -0.2) is 98.4 Å². The fourth-order valence-corrected chi connectivity index (χ4v) is 4.91. The Morgan fingerprint density at radius 2 is 1.00 bits per heavy atom. The zero-order chi connectivity index (χ0) is 30.2. The van der Waals surface area contributed by atoms with Crippen LogP contribution in [0.3, 0.4) is 0 Å². The summed E-state index contributed by atoms with van der Waals surface area (Å²) in [7, 11) is 3.13. The number of carbonyl (C=O) groups is 4. The van der Waals surface area contributed by atoms with Crippen LogP contribution < -0.4 is 10.6 Å². The van der Waals surface area contributed by atoms with E-state index in [1.165, 1.54) is 0 Å². The van der Waals surface area contributed by atoms with Crippen molar-refractivity contribution in [3.05, 3.63) is 24.3 Å². The maximum absolute atomic E-state index is 11.9. The predicted octanol–water partition coefficient (Wildman–Crippen LogP) is 4.09. The van der Waals surface area contributed by atoms with E-state index in [0.29, 0.717) is 24.2 Å². The third-order valence-corrected chi connectivity index (χ3v) is 7.50. The Labute approximate surface area is 246 Å². The van der Waals surface area contributed by atoms with E-state index in [9.17, 15) is 19.2 Å². The Bertz CT molecular complexity index is 737. The molecule has 0 aromatic rings. The Kier molecular flexibility index (Phi) is 22.9. The summed E-state index contributed by atoms with van der Waals surface area (Å²) in [5, 5.41) is 5.09. The second kappa shape index (κ2) is 24.4. The Balaban J connectivity index is 4.42. The van der Waals surface area contributed by atoms with Crippen molar-refractivity contribution in [1.29, 1.82) is 0 Å². The highest BCUT2D eigenvalue weighted by Gasteiger charge is 2.14. The van der Waals surface area contributed by atoms with Gasteiger partial charge in [-0.2, -0.15) is 0 Å². The molecular weight excluding hydrogens is 560 g/mol. The fraction of sp³-hybridized carbons (Fsp3) is 0.692. The molecule has 14 heteroatoms. The second-order valence-electron chi connectivity index (χ2n) is 8.67. The van der Waals surface area contributed by atoms with Gasteiger partial charge in [0.25, 0.3) is 0 Å². The second-order valence-corrected chi connectivity index (χ2v) is 10.9. The summed E-state index contributed by atoms with van der Waals surface area (Å²) in [5.41, 5.74) is 0.597. The first kappa shape index (κ1) is 37.6. The van der Waals surface area contributed by atoms with Crippen molar-refractivity contribution in [2.45, 2.75) is 53.4 Å². The maximum atomic E-state index is 11.9. The Hall–Kier alpha value is -2.42. The van der Waals surface area contributed by atoms with Gasteiger partial charge in [0, 0.05) is 59.3 Å². The number of amides is 2. The van der Waals surface area contributed by atoms with E-state index in [1.54, 1.807) is 35.8 Å². The standard InChI is InChI=1S/C26H46N4O8S2/c1-7-9-13-29(15-19-37-25(33)27-11-17-35-23(31)21(3)4)39-40-30(14-10-8-2)16-20-38-26(34)28-12-18-36-24(32)22(5)6/h3,5,7-20H2,1-2,4,6H3,(H,27,33)(H,28,34). The van der Waals surface area contributed by atoms with E-state index in [0.717, 1.165) is 38.8 Å². The first-order chi connectivity index (χ1) is 19.1. The normalized spacial score (nSPS) is 10.7. The number of nitrogens with zero attached hydrogens (tertiary/aromatic N) is 2. The molecule has 40 heavy (non-hydrogen) atoms. The van der Waals surface area contributed by atoms with Crippen LogP contribution in [0.15, 0.2) is 24.3 Å². The van der Waals surface area contributed by atoms with Crippen LogP contribution in [0.1, 0.15) is 53.4 Å². The van der Waals surface area contributed by atoms with Crippen LogP contribution in [0.25, 0.3) is 0 Å². The molecule has 0 rings (SSSR count). The molecule has 0 aliphatic heterocycles. The van der Waals surface area contributed by atoms with Crippen LogP contribution >= 0.6 is 22.0 Å². The third kappa shape index (κ3) is 21.4. The molecule has 0 radical (unpaired) electrons. The SMILES string of the molecule is C=C(C)C(=O)OCCNC(=O)OCCN(CCCC)SSN(CCCC)CCOC(=O)NCCOC(=O)C(=C)C. The van der Waals surface area contributed by atoms with Gasteiger partial charge in [-0.05, 0) is 26.7 Å². The zero-order valence-corrected chi connectivity index (χ0v) is 25.9. The lowest BCUT2D eigenvalue weighted by molar-refractivity contribution is -0.139. The summed E-state index contributed by atoms with van der Waals surface area (Å²) in [5.74, 6) is -1.00. The topological polar surface area (TPSA) is 136 Å². The summed E-state index contributed by atoms with van der Waals surface area (Å²) in [6.07, 6.45) is 2.89. The van der Waals surface area contributed by atoms with E-state index >= 15 is 0 Å². The molecule has 0 aromatic heterocycles. The van der Waals surface area contributed by atoms with Crippen molar-refractivity contribution in [2.75, 3.05) is 65.7 Å². The van der Waals surface area contributed by atoms with Gasteiger partial charge in [0.2, 0.25) is 0 Å². The van der Waals surface area contributed by atoms with Gasteiger partial charge in [-0.25, -0.2) is 27.8 Å². The van der Waals surface area contributed by atoms with Crippen LogP contribution in [0.2, 0.25) is 0 Å². The predicted molar refractivity (Wildman–Crippen MR) is 158 cm³/mol. The van der Waals surface area contributed by atoms with Crippen molar-refractivity contribution in [3.8, 4) is 0 Å². The number of alkyl carbamates (subject to hydrolysis) is 2. The summed E-state index contributed by atoms with van der Waals surface area (Å²) >= 11 is 0. The highest BCUT2D eigenvalue weighted by molar-refractivity contribution is 8.74. The average molecular weight is 607 g/mol. The van der Waals surface area contributed by atoms with Gasteiger partial charge in [0.1, 0.15) is 26.4 Å². The van der Waals surface area contributed by atoms with Crippen LogP contribution in [0, 0.1) is 0 Å². The molecule has 0 saturated heterocycles. The highest BCUT2D eigenvalue weighted by atomic mass is 33.1. The van der Waals surface area contributed by atoms with Crippen molar-refractivity contribution in [2.24, 2.45) is 0 Å². The van der Waals surface area contributed by atoms with Crippen LogP contribution in [-0.2, 0) is 28.5 Å². The Morgan fingerprint density at radius 1 is 0.625 bits per heavy atom. The molecule has 0 unspecified atom stereocenters. The lowest BCUT2D eigenvalue weighted by Crippen LogP contribution is -2.32. The van der Waals surface area contributed by atoms with E-state index in [4.69, 9.17) is 18.9 Å². The summed E-state index contributed by atoms with van der Waals surface area (Å²) in [6, 6.07) is 0. The molecule has 0 heterocycles. The minimum Gasteiger partial charge on any atom is -0.460 e. The minimum atomic E-state index is -0.576. The van der Waals surface area contributed by atoms with E-state index in [2.05, 4.69) is 46.2 Å². The van der Waals surface area contributed by atoms with Gasteiger partial charge in [-0.1, -0.05) is 39.8 Å². The van der Waals surface area contributed by atoms with Gasteiger partial charge >= 0.3 is 24.1 Å². The number of hydrogen-bond acceptors (Lipinski definition) is 12. The summed E-state index contributed by atoms with van der Waals surface area (Å²) in [4.78, 5) is 46.5. The van der Waals surface area contributed by atoms with Gasteiger partial charge in [-0.15, -0.1) is 0 Å². The molecule has 2 N–H and O–H groups in total. The lowest BCUT2D eigenvalue weighted by Gasteiger charge is -2.25. The van der Waals surface area contributed by atoms with E-state index < -0.39 is 24.1 Å². The van der Waals surface area contributed by atoms with E-state index in [-0.39, 0.29) is 39.5 Å². The molecule has 0 bridgehead atoms. The smallest absolute Gasteiger partial charge is 0.407 e. The molecule has 2 amide bonds. The zero-order valence-electron chi connectivity index (χ0n) is 24.3. The first-order valence-corrected chi connectivity index (χ1v) is 15.5. The van der Waals surface area contributed by atoms with Crippen molar-refractivity contribution >= 4 is 46.1 Å². The maximum Gasteiger partial charge on any atom is 0.407 e. The van der Waals surface area contributed by atoms with Crippen molar-refractivity contribution in [3.63, 3.8) is 0 Å². The van der Waals surface area contributed by atoms with E-state index in [1.807, 2.05) is 0 Å². The number of unbranched alkanes of at least 4 members (excludes halogenated alkanes) is 2. The van der Waals surface area contributed by atoms with Crippen LogP contribution in [0.4, 0.5) is 9.59 Å². The molecule has 230 valence electrons. The first-order valence-electron chi connectivity index (χ1n) is 13.4. The summed E-state index contributed by atoms with van der Waals surface area (Å²) < 4.78 is 24.6. The molecule has 0 saturated carbocycles. The summed E-state index contributed by atoms with van der Waals surface area (Å²) in [6.45, 7) is 17.8. The van der Waals surface area contributed by atoms with Crippen molar-refractivity contribution < 1.29 is 38.1 Å².